The zero-order valence-corrected chi connectivity index (χ0v) is 18.0. The first kappa shape index (κ1) is 22.4. The molecule has 0 radical (unpaired) electrons. The number of carbonyl (C=O) groups is 2. The maximum Gasteiger partial charge on any atom is 0.326 e. The third kappa shape index (κ3) is 6.33. The Kier molecular flexibility index (Phi) is 8.06. The molecule has 1 atom stereocenters. The number of carboxylic acid groups (broad SMARTS) is 1. The van der Waals surface area contributed by atoms with E-state index in [9.17, 15) is 14.7 Å². The highest BCUT2D eigenvalue weighted by atomic mass is 32.2. The quantitative estimate of drug-likeness (QED) is 0.441. The number of carbonyl (C=O) groups excluding carboxylic acids is 1. The molecule has 1 amide bonds. The van der Waals surface area contributed by atoms with Crippen molar-refractivity contribution in [2.45, 2.75) is 19.4 Å². The number of thioether (sulfide) groups is 1. The number of hydrogen-bond donors (Lipinski definition) is 2. The van der Waals surface area contributed by atoms with Crippen LogP contribution in [0.25, 0.3) is 11.1 Å². The van der Waals surface area contributed by atoms with Gasteiger partial charge in [0, 0.05) is 11.8 Å². The molecule has 6 nitrogen and oxygen atoms in total. The van der Waals surface area contributed by atoms with Crippen LogP contribution >= 0.6 is 11.8 Å². The molecule has 0 unspecified atom stereocenters. The van der Waals surface area contributed by atoms with Crippen LogP contribution in [0.5, 0.6) is 11.5 Å². The topological polar surface area (TPSA) is 88.5 Å². The molecular weight excluding hydrogens is 412 g/mol. The number of carboxylic acids is 1. The van der Waals surface area contributed by atoms with E-state index in [4.69, 9.17) is 4.74 Å². The first-order valence-corrected chi connectivity index (χ1v) is 11.1. The van der Waals surface area contributed by atoms with Gasteiger partial charge in [0.2, 0.25) is 0 Å². The van der Waals surface area contributed by atoms with E-state index in [1.54, 1.807) is 54.5 Å². The number of nitrogens with one attached hydrogen (secondary N) is 1. The van der Waals surface area contributed by atoms with Gasteiger partial charge < -0.3 is 15.2 Å². The smallest absolute Gasteiger partial charge is 0.326 e. The molecule has 160 valence electrons. The number of rotatable bonds is 10. The average Bonchev–Trinajstić information content (AvgIpc) is 2.79. The Labute approximate surface area is 185 Å². The van der Waals surface area contributed by atoms with E-state index >= 15 is 0 Å². The zero-order valence-electron chi connectivity index (χ0n) is 17.2. The number of ether oxygens (including phenoxy) is 1. The minimum atomic E-state index is -1.04. The fourth-order valence-corrected chi connectivity index (χ4v) is 3.71. The van der Waals surface area contributed by atoms with Gasteiger partial charge in [0.15, 0.2) is 0 Å². The van der Waals surface area contributed by atoms with Gasteiger partial charge in [-0.05, 0) is 59.4 Å². The summed E-state index contributed by atoms with van der Waals surface area (Å²) in [6.45, 7) is 2.01. The van der Waals surface area contributed by atoms with Crippen LogP contribution in [-0.4, -0.2) is 39.5 Å². The van der Waals surface area contributed by atoms with Crippen molar-refractivity contribution in [3.05, 3.63) is 78.6 Å². The van der Waals surface area contributed by atoms with E-state index in [0.29, 0.717) is 34.8 Å². The lowest BCUT2D eigenvalue weighted by molar-refractivity contribution is -0.139. The first-order valence-electron chi connectivity index (χ1n) is 9.97. The van der Waals surface area contributed by atoms with Gasteiger partial charge in [-0.15, -0.1) is 0 Å². The highest BCUT2D eigenvalue weighted by Gasteiger charge is 2.22. The Balaban J connectivity index is 1.89. The summed E-state index contributed by atoms with van der Waals surface area (Å²) >= 11 is 1.64. The summed E-state index contributed by atoms with van der Waals surface area (Å²) in [5.41, 5.74) is 1.88. The van der Waals surface area contributed by atoms with Gasteiger partial charge in [-0.3, -0.25) is 9.78 Å². The molecule has 0 fully saturated rings. The highest BCUT2D eigenvalue weighted by molar-refractivity contribution is 7.99. The molecule has 1 heterocycles. The molecule has 2 N–H and O–H groups in total. The van der Waals surface area contributed by atoms with Crippen molar-refractivity contribution >= 4 is 23.6 Å². The molecule has 0 aliphatic carbocycles. The molecular formula is C24H24N2O4S. The lowest BCUT2D eigenvalue weighted by Crippen LogP contribution is -2.41. The Morgan fingerprint density at radius 3 is 2.58 bits per heavy atom. The van der Waals surface area contributed by atoms with E-state index < -0.39 is 17.9 Å². The molecule has 0 spiro atoms. The van der Waals surface area contributed by atoms with Gasteiger partial charge in [0.25, 0.3) is 5.91 Å². The van der Waals surface area contributed by atoms with Crippen molar-refractivity contribution in [1.29, 1.82) is 0 Å². The third-order valence-corrected chi connectivity index (χ3v) is 5.48. The van der Waals surface area contributed by atoms with Gasteiger partial charge in [-0.25, -0.2) is 4.79 Å². The summed E-state index contributed by atoms with van der Waals surface area (Å²) < 4.78 is 5.87. The van der Waals surface area contributed by atoms with Crippen LogP contribution in [0.1, 0.15) is 23.7 Å². The van der Waals surface area contributed by atoms with Crippen LogP contribution in [0.4, 0.5) is 0 Å². The molecule has 1 aromatic heterocycles. The lowest BCUT2D eigenvalue weighted by atomic mass is 9.98. The molecule has 0 saturated heterocycles. The van der Waals surface area contributed by atoms with Crippen LogP contribution in [0, 0.1) is 0 Å². The van der Waals surface area contributed by atoms with Crippen LogP contribution in [0.2, 0.25) is 0 Å². The van der Waals surface area contributed by atoms with Gasteiger partial charge in [-0.1, -0.05) is 37.3 Å². The summed E-state index contributed by atoms with van der Waals surface area (Å²) in [5, 5.41) is 12.2. The van der Waals surface area contributed by atoms with Crippen LogP contribution < -0.4 is 10.1 Å². The van der Waals surface area contributed by atoms with Gasteiger partial charge in [0.05, 0.1) is 6.20 Å². The maximum absolute atomic E-state index is 13.0. The van der Waals surface area contributed by atoms with E-state index in [-0.39, 0.29) is 0 Å². The van der Waals surface area contributed by atoms with E-state index in [0.717, 1.165) is 11.3 Å². The molecule has 0 aliphatic rings. The first-order chi connectivity index (χ1) is 15.1. The largest absolute Gasteiger partial charge is 0.480 e. The normalized spacial score (nSPS) is 11.5. The molecule has 0 aliphatic heterocycles. The predicted molar refractivity (Wildman–Crippen MR) is 123 cm³/mol. The number of aromatic nitrogens is 1. The fourth-order valence-electron chi connectivity index (χ4n) is 3.02. The molecule has 0 saturated carbocycles. The summed E-state index contributed by atoms with van der Waals surface area (Å²) in [6.07, 6.45) is 3.63. The minimum absolute atomic E-state index is 0.364. The van der Waals surface area contributed by atoms with E-state index in [2.05, 4.69) is 10.3 Å². The lowest BCUT2D eigenvalue weighted by Gasteiger charge is -2.17. The Morgan fingerprint density at radius 2 is 1.90 bits per heavy atom. The van der Waals surface area contributed by atoms with Gasteiger partial charge in [0.1, 0.15) is 17.5 Å². The Morgan fingerprint density at radius 1 is 1.10 bits per heavy atom. The monoisotopic (exact) mass is 436 g/mol. The zero-order chi connectivity index (χ0) is 22.1. The number of pyridine rings is 1. The number of amides is 1. The molecule has 0 bridgehead atoms. The molecule has 3 aromatic rings. The number of hydrogen-bond acceptors (Lipinski definition) is 5. The minimum Gasteiger partial charge on any atom is -0.480 e. The van der Waals surface area contributed by atoms with Crippen LogP contribution in [0.15, 0.2) is 73.1 Å². The van der Waals surface area contributed by atoms with Crippen molar-refractivity contribution in [3.63, 3.8) is 0 Å². The molecule has 31 heavy (non-hydrogen) atoms. The summed E-state index contributed by atoms with van der Waals surface area (Å²) in [7, 11) is 0. The van der Waals surface area contributed by atoms with Gasteiger partial charge in [-0.2, -0.15) is 11.8 Å². The second-order valence-corrected chi connectivity index (χ2v) is 8.11. The van der Waals surface area contributed by atoms with Crippen molar-refractivity contribution in [3.8, 4) is 22.6 Å². The standard InChI is InChI=1S/C24H24N2O4S/c1-2-31-14-12-22(24(28)29)26-23(27)20-11-10-18(30-19-9-6-13-25-16-19)15-21(20)17-7-4-3-5-8-17/h3-11,13,15-16,22H,2,12,14H2,1H3,(H,26,27)(H,28,29)/t22-/m0/s1. The second kappa shape index (κ2) is 11.2. The summed E-state index contributed by atoms with van der Waals surface area (Å²) in [4.78, 5) is 28.7. The van der Waals surface area contributed by atoms with Crippen molar-refractivity contribution in [1.82, 2.24) is 10.3 Å². The van der Waals surface area contributed by atoms with Crippen molar-refractivity contribution in [2.75, 3.05) is 11.5 Å². The number of aliphatic carboxylic acids is 1. The second-order valence-electron chi connectivity index (χ2n) is 6.71. The average molecular weight is 437 g/mol. The van der Waals surface area contributed by atoms with Crippen LogP contribution in [0.3, 0.4) is 0 Å². The van der Waals surface area contributed by atoms with Gasteiger partial charge >= 0.3 is 5.97 Å². The molecule has 2 aromatic carbocycles. The van der Waals surface area contributed by atoms with E-state index in [1.165, 1.54) is 0 Å². The fraction of sp³-hybridized carbons (Fsp3) is 0.208. The highest BCUT2D eigenvalue weighted by Crippen LogP contribution is 2.30. The third-order valence-electron chi connectivity index (χ3n) is 4.55. The predicted octanol–water partition coefficient (Wildman–Crippen LogP) is 4.87. The Hall–Kier alpha value is -3.32. The van der Waals surface area contributed by atoms with Crippen LogP contribution in [-0.2, 0) is 4.79 Å². The Bertz CT molecular complexity index is 1010. The number of nitrogens with zero attached hydrogens (tertiary/aromatic N) is 1. The summed E-state index contributed by atoms with van der Waals surface area (Å²) in [5.74, 6) is 1.23. The maximum atomic E-state index is 13.0. The van der Waals surface area contributed by atoms with Crippen molar-refractivity contribution in [2.24, 2.45) is 0 Å². The summed E-state index contributed by atoms with van der Waals surface area (Å²) in [6, 6.07) is 17.2. The molecule has 7 heteroatoms. The van der Waals surface area contributed by atoms with Crippen molar-refractivity contribution < 1.29 is 19.4 Å². The SMILES string of the molecule is CCSCC[C@H](NC(=O)c1ccc(Oc2cccnc2)cc1-c1ccccc1)C(=O)O. The van der Waals surface area contributed by atoms with E-state index in [1.807, 2.05) is 37.3 Å². The number of benzene rings is 2. The molecule has 3 rings (SSSR count).